The van der Waals surface area contributed by atoms with Crippen LogP contribution in [0, 0.1) is 0 Å². The molecule has 6 nitrogen and oxygen atoms in total. The number of fused-ring (bicyclic) bond motifs is 1. The Bertz CT molecular complexity index is 609. The van der Waals surface area contributed by atoms with Crippen molar-refractivity contribution in [2.75, 3.05) is 0 Å². The Kier molecular flexibility index (Phi) is 2.41. The molecule has 0 radical (unpaired) electrons. The summed E-state index contributed by atoms with van der Waals surface area (Å²) < 4.78 is 3.65. The van der Waals surface area contributed by atoms with Gasteiger partial charge in [-0.05, 0) is 6.92 Å². The second kappa shape index (κ2) is 3.94. The minimum atomic E-state index is -0.589. The van der Waals surface area contributed by atoms with Crippen molar-refractivity contribution in [3.8, 4) is 0 Å². The molecular formula is C10H11N5OS. The quantitative estimate of drug-likeness (QED) is 0.754. The lowest BCUT2D eigenvalue weighted by Crippen LogP contribution is -2.00. The van der Waals surface area contributed by atoms with Gasteiger partial charge in [0.1, 0.15) is 5.69 Å². The van der Waals surface area contributed by atoms with E-state index in [2.05, 4.69) is 15.3 Å². The molecule has 7 heteroatoms. The molecule has 0 aliphatic rings. The number of hydrogen-bond donors (Lipinski definition) is 1. The van der Waals surface area contributed by atoms with Crippen LogP contribution in [0.4, 0.5) is 0 Å². The highest BCUT2D eigenvalue weighted by molar-refractivity contribution is 7.15. The van der Waals surface area contributed by atoms with E-state index < -0.39 is 6.10 Å². The fourth-order valence-electron chi connectivity index (χ4n) is 1.60. The Morgan fingerprint density at radius 2 is 2.35 bits per heavy atom. The molecule has 0 aliphatic carbocycles. The summed E-state index contributed by atoms with van der Waals surface area (Å²) in [5, 5.41) is 19.2. The van der Waals surface area contributed by atoms with E-state index in [1.807, 2.05) is 22.2 Å². The maximum Gasteiger partial charge on any atom is 0.193 e. The molecule has 3 aromatic rings. The van der Waals surface area contributed by atoms with E-state index in [9.17, 15) is 5.11 Å². The van der Waals surface area contributed by atoms with Crippen molar-refractivity contribution in [3.05, 3.63) is 35.4 Å². The summed E-state index contributed by atoms with van der Waals surface area (Å²) >= 11 is 1.60. The summed E-state index contributed by atoms with van der Waals surface area (Å²) in [5.41, 5.74) is 1.50. The highest BCUT2D eigenvalue weighted by atomic mass is 32.1. The van der Waals surface area contributed by atoms with Gasteiger partial charge in [0.15, 0.2) is 4.96 Å². The predicted molar refractivity (Wildman–Crippen MR) is 62.8 cm³/mol. The Balaban J connectivity index is 1.84. The van der Waals surface area contributed by atoms with Crippen LogP contribution in [0.2, 0.25) is 0 Å². The molecule has 0 saturated heterocycles. The van der Waals surface area contributed by atoms with E-state index in [0.717, 1.165) is 10.7 Å². The first-order valence-electron chi connectivity index (χ1n) is 5.21. The van der Waals surface area contributed by atoms with Crippen molar-refractivity contribution in [2.45, 2.75) is 19.6 Å². The Labute approximate surface area is 101 Å². The van der Waals surface area contributed by atoms with Gasteiger partial charge in [-0.1, -0.05) is 5.21 Å². The van der Waals surface area contributed by atoms with Gasteiger partial charge in [-0.3, -0.25) is 4.40 Å². The lowest BCUT2D eigenvalue weighted by atomic mass is 10.3. The fourth-order valence-corrected chi connectivity index (χ4v) is 2.32. The lowest BCUT2D eigenvalue weighted by molar-refractivity contribution is 0.194. The number of aromatic nitrogens is 5. The zero-order chi connectivity index (χ0) is 11.8. The third kappa shape index (κ3) is 1.94. The first-order valence-corrected chi connectivity index (χ1v) is 6.09. The highest BCUT2D eigenvalue weighted by Gasteiger charge is 2.08. The molecule has 1 N–H and O–H groups in total. The Morgan fingerprint density at radius 1 is 1.47 bits per heavy atom. The second-order valence-corrected chi connectivity index (χ2v) is 4.72. The smallest absolute Gasteiger partial charge is 0.193 e. The average Bonchev–Trinajstić information content (AvgIpc) is 2.91. The number of thiazole rings is 1. The maximum absolute atomic E-state index is 9.35. The maximum atomic E-state index is 9.35. The van der Waals surface area contributed by atoms with Crippen LogP contribution in [0.15, 0.2) is 24.0 Å². The largest absolute Gasteiger partial charge is 0.387 e. The summed E-state index contributed by atoms with van der Waals surface area (Å²) in [6.07, 6.45) is 5.08. The number of aliphatic hydroxyl groups is 1. The van der Waals surface area contributed by atoms with Gasteiger partial charge in [0.25, 0.3) is 0 Å². The van der Waals surface area contributed by atoms with E-state index in [0.29, 0.717) is 12.2 Å². The standard InChI is InChI=1S/C10H11N5OS/c1-7(16)9-6-15(13-12-9)5-8-4-14-2-3-17-10(14)11-8/h2-4,6-7,16H,5H2,1H3. The average molecular weight is 249 g/mol. The molecule has 3 rings (SSSR count). The molecule has 0 aliphatic heterocycles. The number of nitrogens with zero attached hydrogens (tertiary/aromatic N) is 5. The molecule has 0 bridgehead atoms. The molecular weight excluding hydrogens is 238 g/mol. The molecule has 3 aromatic heterocycles. The first-order chi connectivity index (χ1) is 8.22. The topological polar surface area (TPSA) is 68.2 Å². The first kappa shape index (κ1) is 10.4. The van der Waals surface area contributed by atoms with Gasteiger partial charge in [-0.25, -0.2) is 9.67 Å². The zero-order valence-electron chi connectivity index (χ0n) is 9.19. The number of aliphatic hydroxyl groups excluding tert-OH is 1. The van der Waals surface area contributed by atoms with E-state index in [-0.39, 0.29) is 0 Å². The van der Waals surface area contributed by atoms with Crippen molar-refractivity contribution in [1.82, 2.24) is 24.4 Å². The van der Waals surface area contributed by atoms with Crippen molar-refractivity contribution < 1.29 is 5.11 Å². The van der Waals surface area contributed by atoms with Gasteiger partial charge in [0.05, 0.1) is 24.5 Å². The van der Waals surface area contributed by atoms with Gasteiger partial charge < -0.3 is 5.11 Å². The molecule has 0 fully saturated rings. The van der Waals surface area contributed by atoms with E-state index in [4.69, 9.17) is 0 Å². The van der Waals surface area contributed by atoms with Crippen LogP contribution in [-0.2, 0) is 6.54 Å². The molecule has 0 aromatic carbocycles. The van der Waals surface area contributed by atoms with Crippen LogP contribution in [0.25, 0.3) is 4.96 Å². The summed E-state index contributed by atoms with van der Waals surface area (Å²) in [6.45, 7) is 2.23. The van der Waals surface area contributed by atoms with Gasteiger partial charge in [0.2, 0.25) is 0 Å². The predicted octanol–water partition coefficient (Wildman–Crippen LogP) is 1.09. The third-order valence-electron chi connectivity index (χ3n) is 2.45. The third-order valence-corrected chi connectivity index (χ3v) is 3.22. The van der Waals surface area contributed by atoms with E-state index in [1.54, 1.807) is 29.1 Å². The normalized spacial score (nSPS) is 13.3. The van der Waals surface area contributed by atoms with E-state index >= 15 is 0 Å². The molecule has 0 spiro atoms. The fraction of sp³-hybridized carbons (Fsp3) is 0.300. The van der Waals surface area contributed by atoms with Gasteiger partial charge in [0, 0.05) is 17.8 Å². The molecule has 3 heterocycles. The van der Waals surface area contributed by atoms with E-state index in [1.165, 1.54) is 0 Å². The zero-order valence-corrected chi connectivity index (χ0v) is 10.0. The molecule has 17 heavy (non-hydrogen) atoms. The summed E-state index contributed by atoms with van der Waals surface area (Å²) in [4.78, 5) is 5.42. The molecule has 88 valence electrons. The summed E-state index contributed by atoms with van der Waals surface area (Å²) in [7, 11) is 0. The Hall–Kier alpha value is -1.73. The van der Waals surface area contributed by atoms with Crippen molar-refractivity contribution in [3.63, 3.8) is 0 Å². The number of rotatable bonds is 3. The minimum absolute atomic E-state index is 0.564. The van der Waals surface area contributed by atoms with Gasteiger partial charge >= 0.3 is 0 Å². The van der Waals surface area contributed by atoms with Crippen molar-refractivity contribution in [1.29, 1.82) is 0 Å². The highest BCUT2D eigenvalue weighted by Crippen LogP contribution is 2.12. The van der Waals surface area contributed by atoms with Crippen LogP contribution in [0.1, 0.15) is 24.4 Å². The summed E-state index contributed by atoms with van der Waals surface area (Å²) in [5.74, 6) is 0. The monoisotopic (exact) mass is 249 g/mol. The molecule has 0 saturated carbocycles. The van der Waals surface area contributed by atoms with Gasteiger partial charge in [-0.15, -0.1) is 16.4 Å². The second-order valence-electron chi connectivity index (χ2n) is 3.84. The number of hydrogen-bond acceptors (Lipinski definition) is 5. The minimum Gasteiger partial charge on any atom is -0.387 e. The Morgan fingerprint density at radius 3 is 3.06 bits per heavy atom. The van der Waals surface area contributed by atoms with Crippen LogP contribution in [0.3, 0.4) is 0 Å². The SMILES string of the molecule is CC(O)c1cn(Cc2cn3ccsc3n2)nn1. The van der Waals surface area contributed by atoms with Crippen LogP contribution in [0.5, 0.6) is 0 Å². The van der Waals surface area contributed by atoms with Crippen LogP contribution >= 0.6 is 11.3 Å². The summed E-state index contributed by atoms with van der Waals surface area (Å²) in [6, 6.07) is 0. The van der Waals surface area contributed by atoms with Crippen LogP contribution in [-0.4, -0.2) is 29.5 Å². The van der Waals surface area contributed by atoms with Crippen molar-refractivity contribution >= 4 is 16.3 Å². The molecule has 0 amide bonds. The molecule has 1 unspecified atom stereocenters. The lowest BCUT2D eigenvalue weighted by Gasteiger charge is -1.96. The van der Waals surface area contributed by atoms with Crippen molar-refractivity contribution in [2.24, 2.45) is 0 Å². The number of imidazole rings is 1. The molecule has 1 atom stereocenters. The van der Waals surface area contributed by atoms with Gasteiger partial charge in [-0.2, -0.15) is 0 Å². The van der Waals surface area contributed by atoms with Crippen LogP contribution < -0.4 is 0 Å².